The summed E-state index contributed by atoms with van der Waals surface area (Å²) < 4.78 is 9.49. The van der Waals surface area contributed by atoms with Crippen molar-refractivity contribution in [3.05, 3.63) is 64.4 Å². The standard InChI is InChI=1S/C22H24N4O2S/c1-3-5-14-25-20(27)17-11-7-8-12-18(17)26-21(25)23-24-22(26)29-15-16-10-6-9-13-19(16)28-4-2/h6-13H,3-5,14-15H2,1-2H3. The van der Waals surface area contributed by atoms with Crippen LogP contribution in [0, 0.1) is 0 Å². The number of aryl methyl sites for hydroxylation is 1. The van der Waals surface area contributed by atoms with Crippen LogP contribution in [0.1, 0.15) is 32.3 Å². The van der Waals surface area contributed by atoms with Gasteiger partial charge in [-0.05, 0) is 31.5 Å². The molecule has 7 heteroatoms. The van der Waals surface area contributed by atoms with Gasteiger partial charge in [-0.15, -0.1) is 10.2 Å². The molecule has 0 radical (unpaired) electrons. The minimum Gasteiger partial charge on any atom is -0.494 e. The van der Waals surface area contributed by atoms with E-state index in [1.807, 2.05) is 53.8 Å². The second-order valence-electron chi connectivity index (χ2n) is 6.77. The highest BCUT2D eigenvalue weighted by Crippen LogP contribution is 2.28. The molecule has 0 aliphatic rings. The van der Waals surface area contributed by atoms with Crippen LogP contribution in [-0.4, -0.2) is 25.8 Å². The van der Waals surface area contributed by atoms with Crippen LogP contribution in [0.2, 0.25) is 0 Å². The number of hydrogen-bond acceptors (Lipinski definition) is 5. The third-order valence-corrected chi connectivity index (χ3v) is 5.82. The quantitative estimate of drug-likeness (QED) is 0.401. The smallest absolute Gasteiger partial charge is 0.262 e. The van der Waals surface area contributed by atoms with Gasteiger partial charge in [0.25, 0.3) is 5.56 Å². The lowest BCUT2D eigenvalue weighted by Crippen LogP contribution is -2.23. The van der Waals surface area contributed by atoms with Crippen LogP contribution in [-0.2, 0) is 12.3 Å². The van der Waals surface area contributed by atoms with Gasteiger partial charge in [0.1, 0.15) is 5.75 Å². The molecule has 0 spiro atoms. The van der Waals surface area contributed by atoms with Gasteiger partial charge in [0.15, 0.2) is 5.16 Å². The SMILES string of the molecule is CCCCn1c(=O)c2ccccc2n2c(SCc3ccccc3OCC)nnc12. The molecule has 0 amide bonds. The molecule has 0 aliphatic carbocycles. The second-order valence-corrected chi connectivity index (χ2v) is 7.72. The number of rotatable bonds is 8. The molecule has 6 nitrogen and oxygen atoms in total. The van der Waals surface area contributed by atoms with Crippen LogP contribution in [0.25, 0.3) is 16.7 Å². The van der Waals surface area contributed by atoms with Crippen molar-refractivity contribution in [2.45, 2.75) is 44.1 Å². The summed E-state index contributed by atoms with van der Waals surface area (Å²) in [5, 5.41) is 10.3. The Kier molecular flexibility index (Phi) is 5.85. The van der Waals surface area contributed by atoms with Gasteiger partial charge in [0, 0.05) is 17.9 Å². The van der Waals surface area contributed by atoms with Crippen molar-refractivity contribution in [1.29, 1.82) is 0 Å². The number of ether oxygens (including phenoxy) is 1. The first-order valence-corrected chi connectivity index (χ1v) is 10.9. The van der Waals surface area contributed by atoms with Crippen molar-refractivity contribution in [1.82, 2.24) is 19.2 Å². The van der Waals surface area contributed by atoms with E-state index in [1.165, 1.54) is 0 Å². The van der Waals surface area contributed by atoms with Crippen LogP contribution in [0.15, 0.2) is 58.5 Å². The summed E-state index contributed by atoms with van der Waals surface area (Å²) in [6, 6.07) is 15.7. The summed E-state index contributed by atoms with van der Waals surface area (Å²) in [5.74, 6) is 2.20. The number of thioether (sulfide) groups is 1. The second kappa shape index (κ2) is 8.69. The molecular formula is C22H24N4O2S. The third-order valence-electron chi connectivity index (χ3n) is 4.84. The van der Waals surface area contributed by atoms with E-state index in [4.69, 9.17) is 4.74 Å². The normalized spacial score (nSPS) is 11.4. The molecule has 0 unspecified atom stereocenters. The fourth-order valence-corrected chi connectivity index (χ4v) is 4.34. The number of aromatic nitrogens is 4. The summed E-state index contributed by atoms with van der Waals surface area (Å²) in [7, 11) is 0. The first kappa shape index (κ1) is 19.5. The summed E-state index contributed by atoms with van der Waals surface area (Å²) >= 11 is 1.60. The number of unbranched alkanes of at least 4 members (excludes halogenated alkanes) is 1. The maximum Gasteiger partial charge on any atom is 0.262 e. The first-order valence-electron chi connectivity index (χ1n) is 9.94. The summed E-state index contributed by atoms with van der Waals surface area (Å²) in [5.41, 5.74) is 1.94. The van der Waals surface area contributed by atoms with Crippen molar-refractivity contribution in [2.75, 3.05) is 6.61 Å². The lowest BCUT2D eigenvalue weighted by atomic mass is 10.2. The molecule has 4 rings (SSSR count). The van der Waals surface area contributed by atoms with Gasteiger partial charge >= 0.3 is 0 Å². The van der Waals surface area contributed by atoms with E-state index in [0.29, 0.717) is 30.1 Å². The average Bonchev–Trinajstić information content (AvgIpc) is 3.17. The number of hydrogen-bond donors (Lipinski definition) is 0. The zero-order chi connectivity index (χ0) is 20.2. The van der Waals surface area contributed by atoms with Gasteiger partial charge < -0.3 is 4.74 Å². The fourth-order valence-electron chi connectivity index (χ4n) is 3.41. The number of nitrogens with zero attached hydrogens (tertiary/aromatic N) is 4. The maximum absolute atomic E-state index is 13.0. The van der Waals surface area contributed by atoms with Crippen molar-refractivity contribution < 1.29 is 4.74 Å². The molecule has 29 heavy (non-hydrogen) atoms. The molecule has 4 aromatic rings. The Hall–Kier alpha value is -2.80. The summed E-state index contributed by atoms with van der Waals surface area (Å²) in [6.07, 6.45) is 1.93. The number of benzene rings is 2. The van der Waals surface area contributed by atoms with E-state index >= 15 is 0 Å². The van der Waals surface area contributed by atoms with Crippen molar-refractivity contribution >= 4 is 28.4 Å². The third kappa shape index (κ3) is 3.74. The Morgan fingerprint density at radius 1 is 1.03 bits per heavy atom. The van der Waals surface area contributed by atoms with Gasteiger partial charge in [0.2, 0.25) is 5.78 Å². The molecule has 0 bridgehead atoms. The first-order chi connectivity index (χ1) is 14.2. The molecule has 150 valence electrons. The van der Waals surface area contributed by atoms with Crippen LogP contribution < -0.4 is 10.3 Å². The highest BCUT2D eigenvalue weighted by atomic mass is 32.2. The maximum atomic E-state index is 13.0. The topological polar surface area (TPSA) is 61.4 Å². The zero-order valence-corrected chi connectivity index (χ0v) is 17.5. The molecule has 2 aromatic carbocycles. The Bertz CT molecular complexity index is 1200. The van der Waals surface area contributed by atoms with Gasteiger partial charge in [0.05, 0.1) is 17.5 Å². The largest absolute Gasteiger partial charge is 0.494 e. The molecule has 2 heterocycles. The van der Waals surface area contributed by atoms with Crippen molar-refractivity contribution in [2.24, 2.45) is 0 Å². The lowest BCUT2D eigenvalue weighted by Gasteiger charge is -2.11. The van der Waals surface area contributed by atoms with Crippen LogP contribution in [0.4, 0.5) is 0 Å². The number of para-hydroxylation sites is 2. The summed E-state index contributed by atoms with van der Waals surface area (Å²) in [6.45, 7) is 5.37. The molecule has 0 saturated heterocycles. The van der Waals surface area contributed by atoms with E-state index in [1.54, 1.807) is 16.3 Å². The Morgan fingerprint density at radius 3 is 2.66 bits per heavy atom. The molecule has 2 aromatic heterocycles. The van der Waals surface area contributed by atoms with Crippen molar-refractivity contribution in [3.8, 4) is 5.75 Å². The van der Waals surface area contributed by atoms with E-state index in [0.717, 1.165) is 34.8 Å². The van der Waals surface area contributed by atoms with Crippen LogP contribution in [0.3, 0.4) is 0 Å². The van der Waals surface area contributed by atoms with Gasteiger partial charge in [-0.3, -0.25) is 13.8 Å². The molecular weight excluding hydrogens is 384 g/mol. The Labute approximate surface area is 173 Å². The Balaban J connectivity index is 1.78. The van der Waals surface area contributed by atoms with Crippen LogP contribution in [0.5, 0.6) is 5.75 Å². The lowest BCUT2D eigenvalue weighted by molar-refractivity contribution is 0.337. The van der Waals surface area contributed by atoms with E-state index < -0.39 is 0 Å². The van der Waals surface area contributed by atoms with E-state index in [-0.39, 0.29) is 5.56 Å². The predicted molar refractivity (Wildman–Crippen MR) is 117 cm³/mol. The number of fused-ring (bicyclic) bond motifs is 3. The minimum atomic E-state index is -0.00723. The zero-order valence-electron chi connectivity index (χ0n) is 16.7. The van der Waals surface area contributed by atoms with Crippen LogP contribution >= 0.6 is 11.8 Å². The predicted octanol–water partition coefficient (Wildman–Crippen LogP) is 4.54. The van der Waals surface area contributed by atoms with Gasteiger partial charge in [-0.25, -0.2) is 0 Å². The molecule has 0 N–H and O–H groups in total. The average molecular weight is 409 g/mol. The Morgan fingerprint density at radius 2 is 1.83 bits per heavy atom. The highest BCUT2D eigenvalue weighted by Gasteiger charge is 2.17. The van der Waals surface area contributed by atoms with E-state index in [9.17, 15) is 4.79 Å². The fraction of sp³-hybridized carbons (Fsp3) is 0.318. The molecule has 0 fully saturated rings. The monoisotopic (exact) mass is 408 g/mol. The highest BCUT2D eigenvalue weighted by molar-refractivity contribution is 7.98. The van der Waals surface area contributed by atoms with Crippen molar-refractivity contribution in [3.63, 3.8) is 0 Å². The molecule has 0 atom stereocenters. The van der Waals surface area contributed by atoms with E-state index in [2.05, 4.69) is 23.2 Å². The van der Waals surface area contributed by atoms with Gasteiger partial charge in [-0.2, -0.15) is 0 Å². The summed E-state index contributed by atoms with van der Waals surface area (Å²) in [4.78, 5) is 13.0. The minimum absolute atomic E-state index is 0.00723. The van der Waals surface area contributed by atoms with Gasteiger partial charge in [-0.1, -0.05) is 55.4 Å². The molecule has 0 saturated carbocycles. The molecule has 0 aliphatic heterocycles.